The first-order chi connectivity index (χ1) is 11.5. The van der Waals surface area contributed by atoms with Gasteiger partial charge in [0.25, 0.3) is 0 Å². The molecule has 1 aromatic rings. The number of esters is 1. The molecule has 6 heteroatoms. The molecule has 2 unspecified atom stereocenters. The number of carbonyl (C=O) groups excluding carboxylic acids is 3. The molecule has 1 heterocycles. The van der Waals surface area contributed by atoms with Crippen LogP contribution in [0.25, 0.3) is 0 Å². The van der Waals surface area contributed by atoms with Crippen molar-refractivity contribution in [3.8, 4) is 0 Å². The molecule has 0 aromatic heterocycles. The number of nitrogens with zero attached hydrogens (tertiary/aromatic N) is 1. The van der Waals surface area contributed by atoms with Crippen LogP contribution in [-0.2, 0) is 14.3 Å². The fraction of sp³-hybridized carbons (Fsp3) is 0.500. The van der Waals surface area contributed by atoms with Gasteiger partial charge in [0.1, 0.15) is 0 Å². The first kappa shape index (κ1) is 18.0. The number of hydrogen-bond acceptors (Lipinski definition) is 4. The molecule has 130 valence electrons. The topological polar surface area (TPSA) is 75.7 Å². The molecular formula is C18H24N2O4. The van der Waals surface area contributed by atoms with Gasteiger partial charge < -0.3 is 15.0 Å². The molecule has 24 heavy (non-hydrogen) atoms. The summed E-state index contributed by atoms with van der Waals surface area (Å²) in [6.07, 6.45) is 2.84. The van der Waals surface area contributed by atoms with Crippen LogP contribution >= 0.6 is 0 Å². The molecule has 0 saturated carbocycles. The van der Waals surface area contributed by atoms with Crippen molar-refractivity contribution in [1.82, 2.24) is 4.90 Å². The summed E-state index contributed by atoms with van der Waals surface area (Å²) in [5.74, 6) is -1.82. The first-order valence-corrected chi connectivity index (χ1v) is 8.35. The molecule has 6 nitrogen and oxygen atoms in total. The number of hydrogen-bond donors (Lipinski definition) is 1. The van der Waals surface area contributed by atoms with E-state index in [1.54, 1.807) is 36.1 Å². The van der Waals surface area contributed by atoms with Crippen molar-refractivity contribution in [2.75, 3.05) is 11.9 Å². The average Bonchev–Trinajstić information content (AvgIpc) is 2.55. The van der Waals surface area contributed by atoms with Crippen molar-refractivity contribution in [1.29, 1.82) is 0 Å². The predicted molar refractivity (Wildman–Crippen MR) is 90.6 cm³/mol. The number of anilines is 1. The Kier molecular flexibility index (Phi) is 5.95. The van der Waals surface area contributed by atoms with Crippen LogP contribution < -0.4 is 5.32 Å². The van der Waals surface area contributed by atoms with E-state index in [2.05, 4.69) is 5.32 Å². The van der Waals surface area contributed by atoms with Gasteiger partial charge in [0.15, 0.2) is 0 Å². The minimum absolute atomic E-state index is 0.0345. The quantitative estimate of drug-likeness (QED) is 0.682. The van der Waals surface area contributed by atoms with E-state index in [4.69, 9.17) is 4.74 Å². The summed E-state index contributed by atoms with van der Waals surface area (Å²) in [5.41, 5.74) is 0.520. The Hall–Kier alpha value is -2.37. The third-order valence-electron chi connectivity index (χ3n) is 4.29. The third-order valence-corrected chi connectivity index (χ3v) is 4.29. The number of nitrogens with one attached hydrogen (secondary N) is 1. The van der Waals surface area contributed by atoms with E-state index in [-0.39, 0.29) is 29.9 Å². The van der Waals surface area contributed by atoms with Gasteiger partial charge in [-0.1, -0.05) is 12.1 Å². The van der Waals surface area contributed by atoms with Crippen LogP contribution in [0.1, 0.15) is 50.4 Å². The summed E-state index contributed by atoms with van der Waals surface area (Å²) in [6.45, 7) is 5.85. The fourth-order valence-electron chi connectivity index (χ4n) is 3.09. The van der Waals surface area contributed by atoms with Crippen LogP contribution in [0.3, 0.4) is 0 Å². The van der Waals surface area contributed by atoms with Gasteiger partial charge in [0.05, 0.1) is 17.9 Å². The molecule has 0 spiro atoms. The Morgan fingerprint density at radius 1 is 1.17 bits per heavy atom. The number of rotatable bonds is 3. The highest BCUT2D eigenvalue weighted by molar-refractivity contribution is 6.40. The Labute approximate surface area is 142 Å². The van der Waals surface area contributed by atoms with E-state index in [0.29, 0.717) is 0 Å². The van der Waals surface area contributed by atoms with Crippen molar-refractivity contribution in [3.05, 3.63) is 29.8 Å². The second kappa shape index (κ2) is 7.95. The minimum Gasteiger partial charge on any atom is -0.462 e. The summed E-state index contributed by atoms with van der Waals surface area (Å²) >= 11 is 0. The Morgan fingerprint density at radius 2 is 1.79 bits per heavy atom. The lowest BCUT2D eigenvalue weighted by Gasteiger charge is -2.38. The van der Waals surface area contributed by atoms with E-state index >= 15 is 0 Å². The number of carbonyl (C=O) groups is 3. The zero-order chi connectivity index (χ0) is 17.7. The molecule has 1 saturated heterocycles. The van der Waals surface area contributed by atoms with Gasteiger partial charge in [0.2, 0.25) is 0 Å². The Bertz CT molecular complexity index is 619. The van der Waals surface area contributed by atoms with Gasteiger partial charge in [-0.05, 0) is 52.2 Å². The zero-order valence-electron chi connectivity index (χ0n) is 14.4. The molecular weight excluding hydrogens is 308 g/mol. The highest BCUT2D eigenvalue weighted by Gasteiger charge is 2.33. The van der Waals surface area contributed by atoms with Crippen molar-refractivity contribution >= 4 is 23.5 Å². The molecule has 2 atom stereocenters. The summed E-state index contributed by atoms with van der Waals surface area (Å²) in [7, 11) is 0. The number of para-hydroxylation sites is 1. The van der Waals surface area contributed by atoms with E-state index in [1.165, 1.54) is 0 Å². The van der Waals surface area contributed by atoms with Crippen LogP contribution in [0, 0.1) is 0 Å². The van der Waals surface area contributed by atoms with Gasteiger partial charge >= 0.3 is 17.8 Å². The van der Waals surface area contributed by atoms with Crippen LogP contribution in [0.2, 0.25) is 0 Å². The molecule has 1 aliphatic heterocycles. The number of benzene rings is 1. The molecule has 1 N–H and O–H groups in total. The summed E-state index contributed by atoms with van der Waals surface area (Å²) in [4.78, 5) is 38.5. The number of likely N-dealkylation sites (tertiary alicyclic amines) is 1. The van der Waals surface area contributed by atoms with Crippen LogP contribution in [0.15, 0.2) is 24.3 Å². The van der Waals surface area contributed by atoms with Crippen molar-refractivity contribution in [3.63, 3.8) is 0 Å². The largest absolute Gasteiger partial charge is 0.462 e. The normalized spacial score (nSPS) is 20.4. The van der Waals surface area contributed by atoms with Gasteiger partial charge in [-0.15, -0.1) is 0 Å². The Morgan fingerprint density at radius 3 is 2.42 bits per heavy atom. The monoisotopic (exact) mass is 332 g/mol. The maximum atomic E-state index is 12.5. The van der Waals surface area contributed by atoms with E-state index < -0.39 is 17.8 Å². The molecule has 0 radical (unpaired) electrons. The van der Waals surface area contributed by atoms with E-state index in [9.17, 15) is 14.4 Å². The van der Waals surface area contributed by atoms with E-state index in [0.717, 1.165) is 19.3 Å². The maximum absolute atomic E-state index is 12.5. The van der Waals surface area contributed by atoms with Crippen LogP contribution in [-0.4, -0.2) is 41.4 Å². The molecule has 1 aliphatic rings. The lowest BCUT2D eigenvalue weighted by Crippen LogP contribution is -2.51. The van der Waals surface area contributed by atoms with Gasteiger partial charge in [0, 0.05) is 12.1 Å². The summed E-state index contributed by atoms with van der Waals surface area (Å²) < 4.78 is 4.98. The van der Waals surface area contributed by atoms with Crippen molar-refractivity contribution in [2.45, 2.75) is 52.1 Å². The molecule has 2 amide bonds. The smallest absolute Gasteiger partial charge is 0.340 e. The van der Waals surface area contributed by atoms with Crippen molar-refractivity contribution in [2.24, 2.45) is 0 Å². The number of ether oxygens (including phenoxy) is 1. The summed E-state index contributed by atoms with van der Waals surface area (Å²) in [5, 5.41) is 2.56. The van der Waals surface area contributed by atoms with Gasteiger partial charge in [-0.2, -0.15) is 0 Å². The lowest BCUT2D eigenvalue weighted by molar-refractivity contribution is -0.147. The molecule has 0 bridgehead atoms. The predicted octanol–water partition coefficient (Wildman–Crippen LogP) is 2.59. The van der Waals surface area contributed by atoms with Crippen LogP contribution in [0.4, 0.5) is 5.69 Å². The molecule has 0 aliphatic carbocycles. The molecule has 1 fully saturated rings. The highest BCUT2D eigenvalue weighted by atomic mass is 16.5. The van der Waals surface area contributed by atoms with Gasteiger partial charge in [-0.25, -0.2) is 4.79 Å². The number of amides is 2. The first-order valence-electron chi connectivity index (χ1n) is 8.35. The second-order valence-electron chi connectivity index (χ2n) is 6.06. The molecule has 1 aromatic carbocycles. The number of piperidine rings is 1. The highest BCUT2D eigenvalue weighted by Crippen LogP contribution is 2.23. The van der Waals surface area contributed by atoms with Crippen LogP contribution in [0.5, 0.6) is 0 Å². The third kappa shape index (κ3) is 3.93. The fourth-order valence-corrected chi connectivity index (χ4v) is 3.09. The molecule has 2 rings (SSSR count). The zero-order valence-corrected chi connectivity index (χ0v) is 14.4. The standard InChI is InChI=1S/C18H24N2O4/c1-4-24-18(23)14-10-5-6-11-15(14)19-16(21)17(22)20-12(2)8-7-9-13(20)3/h5-6,10-13H,4,7-9H2,1-3H3,(H,19,21). The van der Waals surface area contributed by atoms with Crippen molar-refractivity contribution < 1.29 is 19.1 Å². The average molecular weight is 332 g/mol. The van der Waals surface area contributed by atoms with Gasteiger partial charge in [-0.3, -0.25) is 9.59 Å². The maximum Gasteiger partial charge on any atom is 0.340 e. The Balaban J connectivity index is 2.15. The second-order valence-corrected chi connectivity index (χ2v) is 6.06. The van der Waals surface area contributed by atoms with E-state index in [1.807, 2.05) is 13.8 Å². The minimum atomic E-state index is -0.729. The lowest BCUT2D eigenvalue weighted by atomic mass is 9.97. The SMILES string of the molecule is CCOC(=O)c1ccccc1NC(=O)C(=O)N1C(C)CCCC1C. The summed E-state index contributed by atoms with van der Waals surface area (Å²) in [6, 6.07) is 6.58.